The molecule has 0 spiro atoms. The molecular weight excluding hydrogens is 361 g/mol. The molecule has 142 valence electrons. The number of alkyl halides is 3. The van der Waals surface area contributed by atoms with Gasteiger partial charge in [-0.25, -0.2) is 0 Å². The highest BCUT2D eigenvalue weighted by atomic mass is 32.1. The number of rotatable bonds is 6. The molecule has 0 radical (unpaired) electrons. The van der Waals surface area contributed by atoms with Gasteiger partial charge in [-0.3, -0.25) is 9.80 Å². The molecule has 1 aliphatic rings. The molecule has 0 saturated carbocycles. The van der Waals surface area contributed by atoms with Gasteiger partial charge in [-0.2, -0.15) is 13.2 Å². The average molecular weight is 384 g/mol. The van der Waals surface area contributed by atoms with Gasteiger partial charge in [0.25, 0.3) is 0 Å². The van der Waals surface area contributed by atoms with Crippen molar-refractivity contribution < 1.29 is 18.3 Å². The topological polar surface area (TPSA) is 26.7 Å². The van der Waals surface area contributed by atoms with Gasteiger partial charge in [0.1, 0.15) is 0 Å². The predicted molar refractivity (Wildman–Crippen MR) is 96.9 cm³/mol. The maximum Gasteiger partial charge on any atom is 0.416 e. The summed E-state index contributed by atoms with van der Waals surface area (Å²) in [5.74, 6) is 0. The number of piperazine rings is 1. The molecule has 1 saturated heterocycles. The van der Waals surface area contributed by atoms with Crippen molar-refractivity contribution in [3.8, 4) is 0 Å². The van der Waals surface area contributed by atoms with Crippen molar-refractivity contribution in [2.75, 3.05) is 26.2 Å². The molecule has 0 unspecified atom stereocenters. The lowest BCUT2D eigenvalue weighted by Crippen LogP contribution is -2.52. The Hall–Kier alpha value is -1.41. The highest BCUT2D eigenvalue weighted by Crippen LogP contribution is 2.30. The zero-order chi connectivity index (χ0) is 18.6. The van der Waals surface area contributed by atoms with Gasteiger partial charge in [0.05, 0.1) is 5.56 Å². The second kappa shape index (κ2) is 8.52. The predicted octanol–water partition coefficient (Wildman–Crippen LogP) is 3.84. The molecule has 7 heteroatoms. The molecule has 3 rings (SSSR count). The van der Waals surface area contributed by atoms with Gasteiger partial charge in [-0.1, -0.05) is 24.3 Å². The maximum atomic E-state index is 12.9. The lowest BCUT2D eigenvalue weighted by molar-refractivity contribution is -0.137. The van der Waals surface area contributed by atoms with Gasteiger partial charge in [-0.15, -0.1) is 11.3 Å². The number of hydrogen-bond acceptors (Lipinski definition) is 4. The summed E-state index contributed by atoms with van der Waals surface area (Å²) in [6, 6.07) is 9.91. The van der Waals surface area contributed by atoms with Crippen LogP contribution in [0.3, 0.4) is 0 Å². The van der Waals surface area contributed by atoms with Crippen LogP contribution in [0, 0.1) is 0 Å². The second-order valence-electron chi connectivity index (χ2n) is 6.65. The monoisotopic (exact) mass is 384 g/mol. The van der Waals surface area contributed by atoms with Crippen molar-refractivity contribution in [1.82, 2.24) is 9.80 Å². The third-order valence-corrected chi connectivity index (χ3v) is 5.61. The van der Waals surface area contributed by atoms with Gasteiger partial charge in [0.15, 0.2) is 0 Å². The van der Waals surface area contributed by atoms with E-state index in [1.54, 1.807) is 17.4 Å². The van der Waals surface area contributed by atoms with Gasteiger partial charge < -0.3 is 5.11 Å². The van der Waals surface area contributed by atoms with E-state index in [2.05, 4.69) is 21.2 Å². The zero-order valence-electron chi connectivity index (χ0n) is 14.5. The Morgan fingerprint density at radius 3 is 2.65 bits per heavy atom. The fourth-order valence-electron chi connectivity index (χ4n) is 3.44. The Kier molecular flexibility index (Phi) is 6.34. The number of aliphatic hydroxyl groups excluding tert-OH is 1. The summed E-state index contributed by atoms with van der Waals surface area (Å²) in [7, 11) is 0. The van der Waals surface area contributed by atoms with E-state index in [1.165, 1.54) is 17.0 Å². The minimum Gasteiger partial charge on any atom is -0.396 e. The van der Waals surface area contributed by atoms with E-state index in [0.29, 0.717) is 18.5 Å². The van der Waals surface area contributed by atoms with Crippen LogP contribution in [0.25, 0.3) is 0 Å². The number of thiophene rings is 1. The molecular formula is C19H23F3N2OS. The molecule has 0 amide bonds. The highest BCUT2D eigenvalue weighted by molar-refractivity contribution is 7.09. The van der Waals surface area contributed by atoms with E-state index in [9.17, 15) is 18.3 Å². The van der Waals surface area contributed by atoms with Crippen LogP contribution in [-0.4, -0.2) is 47.2 Å². The Morgan fingerprint density at radius 2 is 1.96 bits per heavy atom. The molecule has 2 heterocycles. The van der Waals surface area contributed by atoms with Crippen molar-refractivity contribution in [3.63, 3.8) is 0 Å². The van der Waals surface area contributed by atoms with E-state index in [-0.39, 0.29) is 12.6 Å². The minimum atomic E-state index is -4.31. The van der Waals surface area contributed by atoms with Crippen LogP contribution < -0.4 is 0 Å². The lowest BCUT2D eigenvalue weighted by Gasteiger charge is -2.41. The molecule has 26 heavy (non-hydrogen) atoms. The number of aliphatic hydroxyl groups is 1. The number of benzene rings is 1. The molecule has 0 aliphatic carbocycles. The molecule has 1 aromatic heterocycles. The number of hydrogen-bond donors (Lipinski definition) is 1. The standard InChI is InChI=1S/C19H23F3N2OS/c20-19(21,22)16-4-1-3-15(11-16)12-23-7-8-24(17(13-23)6-9-25)14-18-5-2-10-26-18/h1-5,10-11,17,25H,6-9,12-14H2/t17-/m0/s1. The Balaban J connectivity index is 1.64. The minimum absolute atomic E-state index is 0.114. The van der Waals surface area contributed by atoms with Crippen LogP contribution >= 0.6 is 11.3 Å². The van der Waals surface area contributed by atoms with Gasteiger partial charge >= 0.3 is 6.18 Å². The Bertz CT molecular complexity index is 690. The lowest BCUT2D eigenvalue weighted by atomic mass is 10.1. The third-order valence-electron chi connectivity index (χ3n) is 4.75. The first-order chi connectivity index (χ1) is 12.5. The first kappa shape index (κ1) is 19.4. The number of nitrogens with zero attached hydrogens (tertiary/aromatic N) is 2. The van der Waals surface area contributed by atoms with E-state index in [0.717, 1.165) is 32.2 Å². The van der Waals surface area contributed by atoms with E-state index in [4.69, 9.17) is 0 Å². The van der Waals surface area contributed by atoms with Crippen molar-refractivity contribution in [3.05, 3.63) is 57.8 Å². The third kappa shape index (κ3) is 5.07. The normalized spacial score (nSPS) is 19.8. The van der Waals surface area contributed by atoms with Gasteiger partial charge in [0, 0.05) is 50.2 Å². The smallest absolute Gasteiger partial charge is 0.396 e. The SMILES string of the molecule is OCC[C@H]1CN(Cc2cccc(C(F)(F)F)c2)CCN1Cc1cccs1. The van der Waals surface area contributed by atoms with E-state index in [1.807, 2.05) is 6.07 Å². The second-order valence-corrected chi connectivity index (χ2v) is 7.68. The fourth-order valence-corrected chi connectivity index (χ4v) is 4.17. The van der Waals surface area contributed by atoms with Crippen LogP contribution in [-0.2, 0) is 19.3 Å². The summed E-state index contributed by atoms with van der Waals surface area (Å²) in [5.41, 5.74) is 0.0764. The number of halogens is 3. The summed E-state index contributed by atoms with van der Waals surface area (Å²) in [5, 5.41) is 11.5. The van der Waals surface area contributed by atoms with E-state index < -0.39 is 11.7 Å². The Labute approximate surface area is 155 Å². The van der Waals surface area contributed by atoms with Crippen LogP contribution in [0.4, 0.5) is 13.2 Å². The zero-order valence-corrected chi connectivity index (χ0v) is 15.3. The maximum absolute atomic E-state index is 12.9. The quantitative estimate of drug-likeness (QED) is 0.820. The van der Waals surface area contributed by atoms with Crippen molar-refractivity contribution in [2.24, 2.45) is 0 Å². The van der Waals surface area contributed by atoms with Gasteiger partial charge in [-0.05, 0) is 29.5 Å². The van der Waals surface area contributed by atoms with Crippen molar-refractivity contribution in [2.45, 2.75) is 31.7 Å². The molecule has 2 aromatic rings. The summed E-state index contributed by atoms with van der Waals surface area (Å²) >= 11 is 1.72. The first-order valence-electron chi connectivity index (χ1n) is 8.71. The first-order valence-corrected chi connectivity index (χ1v) is 9.59. The molecule has 1 aliphatic heterocycles. The summed E-state index contributed by atoms with van der Waals surface area (Å²) in [6.07, 6.45) is -3.64. The molecule has 1 aromatic carbocycles. The summed E-state index contributed by atoms with van der Waals surface area (Å²) in [6.45, 7) is 3.88. The van der Waals surface area contributed by atoms with Gasteiger partial charge in [0.2, 0.25) is 0 Å². The van der Waals surface area contributed by atoms with Crippen molar-refractivity contribution in [1.29, 1.82) is 0 Å². The largest absolute Gasteiger partial charge is 0.416 e. The van der Waals surface area contributed by atoms with Crippen LogP contribution in [0.5, 0.6) is 0 Å². The molecule has 1 fully saturated rings. The summed E-state index contributed by atoms with van der Waals surface area (Å²) < 4.78 is 38.7. The van der Waals surface area contributed by atoms with Crippen LogP contribution in [0.1, 0.15) is 22.4 Å². The Morgan fingerprint density at radius 1 is 1.12 bits per heavy atom. The molecule has 1 N–H and O–H groups in total. The van der Waals surface area contributed by atoms with Crippen LogP contribution in [0.2, 0.25) is 0 Å². The fraction of sp³-hybridized carbons (Fsp3) is 0.474. The van der Waals surface area contributed by atoms with Crippen molar-refractivity contribution >= 4 is 11.3 Å². The molecule has 0 bridgehead atoms. The van der Waals surface area contributed by atoms with E-state index >= 15 is 0 Å². The summed E-state index contributed by atoms with van der Waals surface area (Å²) in [4.78, 5) is 5.84. The molecule has 3 nitrogen and oxygen atoms in total. The highest BCUT2D eigenvalue weighted by Gasteiger charge is 2.31. The van der Waals surface area contributed by atoms with Crippen LogP contribution in [0.15, 0.2) is 41.8 Å². The molecule has 1 atom stereocenters. The average Bonchev–Trinajstić information content (AvgIpc) is 3.10.